The van der Waals surface area contributed by atoms with E-state index in [0.717, 1.165) is 29.9 Å². The summed E-state index contributed by atoms with van der Waals surface area (Å²) in [6.07, 6.45) is 6.08. The molecule has 1 rings (SSSR count). The van der Waals surface area contributed by atoms with E-state index < -0.39 is 0 Å². The molecule has 0 saturated carbocycles. The summed E-state index contributed by atoms with van der Waals surface area (Å²) in [5, 5.41) is 0. The summed E-state index contributed by atoms with van der Waals surface area (Å²) in [7, 11) is 0. The normalized spacial score (nSPS) is 16.0. The molecule has 4 N–H and O–H groups in total. The second-order valence-electron chi connectivity index (χ2n) is 4.08. The van der Waals surface area contributed by atoms with Crippen molar-refractivity contribution in [3.8, 4) is 0 Å². The van der Waals surface area contributed by atoms with Crippen molar-refractivity contribution in [2.75, 3.05) is 6.54 Å². The van der Waals surface area contributed by atoms with Crippen LogP contribution in [0, 0.1) is 0 Å². The van der Waals surface area contributed by atoms with Crippen LogP contribution in [0.1, 0.15) is 26.7 Å². The molecule has 3 nitrogen and oxygen atoms in total. The lowest BCUT2D eigenvalue weighted by Gasteiger charge is -2.34. The molecule has 0 heterocycles. The predicted molar refractivity (Wildman–Crippen MR) is 64.8 cm³/mol. The highest BCUT2D eigenvalue weighted by molar-refractivity contribution is 5.29. The Morgan fingerprint density at radius 2 is 2.27 bits per heavy atom. The Hall–Kier alpha value is -1.22. The van der Waals surface area contributed by atoms with Crippen LogP contribution in [-0.2, 0) is 0 Å². The molecular formula is C12H21N3. The maximum absolute atomic E-state index is 5.98. The highest BCUT2D eigenvalue weighted by atomic mass is 15.2. The summed E-state index contributed by atoms with van der Waals surface area (Å²) in [4.78, 5) is 2.15. The van der Waals surface area contributed by atoms with Gasteiger partial charge in [-0.3, -0.25) is 0 Å². The molecule has 0 radical (unpaired) electrons. The average Bonchev–Trinajstić information content (AvgIpc) is 2.20. The van der Waals surface area contributed by atoms with Crippen LogP contribution in [0.4, 0.5) is 0 Å². The summed E-state index contributed by atoms with van der Waals surface area (Å²) in [5.41, 5.74) is 14.5. The van der Waals surface area contributed by atoms with Gasteiger partial charge in [-0.25, -0.2) is 0 Å². The van der Waals surface area contributed by atoms with Crippen LogP contribution in [0.3, 0.4) is 0 Å². The first-order chi connectivity index (χ1) is 7.07. The van der Waals surface area contributed by atoms with Crippen molar-refractivity contribution in [2.24, 2.45) is 11.5 Å². The van der Waals surface area contributed by atoms with E-state index >= 15 is 0 Å². The number of rotatable bonds is 4. The van der Waals surface area contributed by atoms with Crippen molar-refractivity contribution in [3.05, 3.63) is 35.8 Å². The largest absolute Gasteiger partial charge is 0.397 e. The van der Waals surface area contributed by atoms with E-state index in [1.807, 2.05) is 6.08 Å². The topological polar surface area (TPSA) is 55.3 Å². The van der Waals surface area contributed by atoms with Crippen LogP contribution in [0.5, 0.6) is 0 Å². The van der Waals surface area contributed by atoms with Crippen LogP contribution in [0.25, 0.3) is 0 Å². The molecule has 0 amide bonds. The summed E-state index contributed by atoms with van der Waals surface area (Å²) in [6.45, 7) is 8.71. The molecule has 0 atom stereocenters. The zero-order chi connectivity index (χ0) is 11.4. The number of hydrogen-bond donors (Lipinski definition) is 2. The van der Waals surface area contributed by atoms with Gasteiger partial charge in [0.2, 0.25) is 0 Å². The predicted octanol–water partition coefficient (Wildman–Crippen LogP) is 1.69. The third kappa shape index (κ3) is 2.63. The van der Waals surface area contributed by atoms with Gasteiger partial charge in [-0.2, -0.15) is 0 Å². The molecule has 0 aliphatic heterocycles. The smallest absolute Gasteiger partial charge is 0.0509 e. The molecule has 0 aromatic heterocycles. The highest BCUT2D eigenvalue weighted by Crippen LogP contribution is 2.24. The molecule has 0 unspecified atom stereocenters. The third-order valence-corrected chi connectivity index (χ3v) is 2.56. The fourth-order valence-corrected chi connectivity index (χ4v) is 1.90. The summed E-state index contributed by atoms with van der Waals surface area (Å²) >= 11 is 0. The van der Waals surface area contributed by atoms with Crippen molar-refractivity contribution in [2.45, 2.75) is 32.7 Å². The average molecular weight is 207 g/mol. The van der Waals surface area contributed by atoms with Crippen molar-refractivity contribution in [3.63, 3.8) is 0 Å². The van der Waals surface area contributed by atoms with E-state index in [1.165, 1.54) is 0 Å². The lowest BCUT2D eigenvalue weighted by molar-refractivity contribution is 0.334. The van der Waals surface area contributed by atoms with E-state index in [1.54, 1.807) is 0 Å². The lowest BCUT2D eigenvalue weighted by atomic mass is 10.1. The molecule has 0 bridgehead atoms. The first kappa shape index (κ1) is 11.9. The third-order valence-electron chi connectivity index (χ3n) is 2.56. The SMILES string of the molecule is C=C(CN)N(C1=C(N)C=CCC1)C(C)C. The van der Waals surface area contributed by atoms with Crippen molar-refractivity contribution < 1.29 is 0 Å². The van der Waals surface area contributed by atoms with E-state index in [-0.39, 0.29) is 0 Å². The van der Waals surface area contributed by atoms with Gasteiger partial charge >= 0.3 is 0 Å². The molecular weight excluding hydrogens is 186 g/mol. The van der Waals surface area contributed by atoms with Gasteiger partial charge in [0.05, 0.1) is 5.70 Å². The van der Waals surface area contributed by atoms with Crippen LogP contribution >= 0.6 is 0 Å². The highest BCUT2D eigenvalue weighted by Gasteiger charge is 2.18. The minimum Gasteiger partial charge on any atom is -0.397 e. The Balaban J connectivity index is 2.98. The Labute approximate surface area is 92.1 Å². The zero-order valence-electron chi connectivity index (χ0n) is 9.66. The van der Waals surface area contributed by atoms with Gasteiger partial charge < -0.3 is 16.4 Å². The van der Waals surface area contributed by atoms with E-state index in [2.05, 4.69) is 31.4 Å². The van der Waals surface area contributed by atoms with Crippen LogP contribution in [-0.4, -0.2) is 17.5 Å². The van der Waals surface area contributed by atoms with Gasteiger partial charge in [0.15, 0.2) is 0 Å². The lowest BCUT2D eigenvalue weighted by Crippen LogP contribution is -2.34. The summed E-state index contributed by atoms with van der Waals surface area (Å²) in [5.74, 6) is 0. The summed E-state index contributed by atoms with van der Waals surface area (Å²) in [6, 6.07) is 0.348. The molecule has 1 aliphatic carbocycles. The van der Waals surface area contributed by atoms with Crippen LogP contribution in [0.2, 0.25) is 0 Å². The number of nitrogens with two attached hydrogens (primary N) is 2. The fraction of sp³-hybridized carbons (Fsp3) is 0.500. The Bertz CT molecular complexity index is 300. The van der Waals surface area contributed by atoms with E-state index in [0.29, 0.717) is 12.6 Å². The van der Waals surface area contributed by atoms with E-state index in [9.17, 15) is 0 Å². The van der Waals surface area contributed by atoms with Crippen molar-refractivity contribution in [1.82, 2.24) is 4.90 Å². The van der Waals surface area contributed by atoms with Gasteiger partial charge in [0.25, 0.3) is 0 Å². The molecule has 0 spiro atoms. The Morgan fingerprint density at radius 1 is 1.60 bits per heavy atom. The number of allylic oxidation sites excluding steroid dienone is 3. The minimum absolute atomic E-state index is 0.348. The van der Waals surface area contributed by atoms with Gasteiger partial charge in [-0.1, -0.05) is 12.7 Å². The van der Waals surface area contributed by atoms with Crippen LogP contribution in [0.15, 0.2) is 35.8 Å². The van der Waals surface area contributed by atoms with Gasteiger partial charge in [0, 0.05) is 24.0 Å². The number of hydrogen-bond acceptors (Lipinski definition) is 3. The zero-order valence-corrected chi connectivity index (χ0v) is 9.66. The second kappa shape index (κ2) is 5.03. The molecule has 3 heteroatoms. The van der Waals surface area contributed by atoms with Crippen molar-refractivity contribution in [1.29, 1.82) is 0 Å². The van der Waals surface area contributed by atoms with Crippen molar-refractivity contribution >= 4 is 0 Å². The molecule has 0 saturated heterocycles. The molecule has 1 aliphatic rings. The van der Waals surface area contributed by atoms with E-state index in [4.69, 9.17) is 11.5 Å². The Kier molecular flexibility index (Phi) is 3.97. The standard InChI is InChI=1S/C12H21N3/c1-9(2)15(10(3)8-13)12-7-5-4-6-11(12)14/h4,6,9H,3,5,7-8,13-14H2,1-2H3. The monoisotopic (exact) mass is 207 g/mol. The maximum atomic E-state index is 5.98. The Morgan fingerprint density at radius 3 is 2.73 bits per heavy atom. The van der Waals surface area contributed by atoms with Gasteiger partial charge in [-0.05, 0) is 32.8 Å². The summed E-state index contributed by atoms with van der Waals surface area (Å²) < 4.78 is 0. The molecule has 15 heavy (non-hydrogen) atoms. The molecule has 84 valence electrons. The fourth-order valence-electron chi connectivity index (χ4n) is 1.90. The number of nitrogens with zero attached hydrogens (tertiary/aromatic N) is 1. The van der Waals surface area contributed by atoms with Crippen LogP contribution < -0.4 is 11.5 Å². The molecule has 0 aromatic rings. The minimum atomic E-state index is 0.348. The maximum Gasteiger partial charge on any atom is 0.0509 e. The second-order valence-corrected chi connectivity index (χ2v) is 4.08. The first-order valence-corrected chi connectivity index (χ1v) is 5.40. The molecule has 0 fully saturated rings. The van der Waals surface area contributed by atoms with Gasteiger partial charge in [-0.15, -0.1) is 0 Å². The quantitative estimate of drug-likeness (QED) is 0.737. The first-order valence-electron chi connectivity index (χ1n) is 5.40. The molecule has 0 aromatic carbocycles. The van der Waals surface area contributed by atoms with Gasteiger partial charge in [0.1, 0.15) is 0 Å².